The van der Waals surface area contributed by atoms with Crippen LogP contribution in [0.1, 0.15) is 15.2 Å². The number of piperazine rings is 1. The Morgan fingerprint density at radius 1 is 1.12 bits per heavy atom. The van der Waals surface area contributed by atoms with Crippen molar-refractivity contribution in [2.24, 2.45) is 0 Å². The van der Waals surface area contributed by atoms with E-state index in [2.05, 4.69) is 4.90 Å². The zero-order valence-corrected chi connectivity index (χ0v) is 15.0. The minimum atomic E-state index is -0.503. The minimum absolute atomic E-state index is 0.0834. The van der Waals surface area contributed by atoms with Gasteiger partial charge in [0.15, 0.2) is 0 Å². The first-order valence-corrected chi connectivity index (χ1v) is 9.45. The zero-order valence-electron chi connectivity index (χ0n) is 14.2. The van der Waals surface area contributed by atoms with Gasteiger partial charge in [-0.2, -0.15) is 0 Å². The van der Waals surface area contributed by atoms with Gasteiger partial charge in [-0.3, -0.25) is 9.69 Å². The fourth-order valence-corrected chi connectivity index (χ4v) is 3.58. The molecule has 0 unspecified atom stereocenters. The van der Waals surface area contributed by atoms with E-state index in [1.54, 1.807) is 11.3 Å². The van der Waals surface area contributed by atoms with Crippen molar-refractivity contribution in [1.82, 2.24) is 9.80 Å². The maximum Gasteiger partial charge on any atom is 0.253 e. The highest BCUT2D eigenvalue weighted by molar-refractivity contribution is 7.09. The number of thiophene rings is 1. The molecule has 1 aromatic heterocycles. The normalized spacial score (nSPS) is 16.8. The predicted octanol–water partition coefficient (Wildman–Crippen LogP) is 2.08. The van der Waals surface area contributed by atoms with Crippen LogP contribution < -0.4 is 0 Å². The van der Waals surface area contributed by atoms with Crippen molar-refractivity contribution in [3.8, 4) is 0 Å². The lowest BCUT2D eigenvalue weighted by Gasteiger charge is -2.35. The van der Waals surface area contributed by atoms with Crippen molar-refractivity contribution >= 4 is 17.2 Å². The van der Waals surface area contributed by atoms with Crippen LogP contribution in [0.25, 0.3) is 0 Å². The maximum absolute atomic E-state index is 12.4. The Bertz CT molecular complexity index is 640. The summed E-state index contributed by atoms with van der Waals surface area (Å²) in [7, 11) is 0. The van der Waals surface area contributed by atoms with E-state index >= 15 is 0 Å². The second-order valence-electron chi connectivity index (χ2n) is 6.21. The number of aliphatic hydroxyl groups is 1. The van der Waals surface area contributed by atoms with E-state index in [-0.39, 0.29) is 5.91 Å². The van der Waals surface area contributed by atoms with Gasteiger partial charge in [0.05, 0.1) is 19.3 Å². The number of benzene rings is 1. The third-order valence-electron chi connectivity index (χ3n) is 4.28. The van der Waals surface area contributed by atoms with Crippen LogP contribution >= 0.6 is 11.3 Å². The van der Waals surface area contributed by atoms with Crippen molar-refractivity contribution in [1.29, 1.82) is 0 Å². The molecule has 1 aliphatic rings. The first kappa shape index (κ1) is 18.1. The number of carbonyl (C=O) groups is 1. The van der Waals surface area contributed by atoms with Gasteiger partial charge in [-0.25, -0.2) is 0 Å². The van der Waals surface area contributed by atoms with E-state index in [9.17, 15) is 9.90 Å². The monoisotopic (exact) mass is 360 g/mol. The highest BCUT2D eigenvalue weighted by atomic mass is 32.1. The Balaban J connectivity index is 1.36. The molecule has 1 N–H and O–H groups in total. The molecule has 3 rings (SSSR count). The van der Waals surface area contributed by atoms with Gasteiger partial charge < -0.3 is 14.7 Å². The fourth-order valence-electron chi connectivity index (χ4n) is 2.94. The smallest absolute Gasteiger partial charge is 0.253 e. The molecule has 6 heteroatoms. The Morgan fingerprint density at radius 2 is 1.88 bits per heavy atom. The van der Waals surface area contributed by atoms with Gasteiger partial charge in [-0.15, -0.1) is 11.3 Å². The first-order valence-electron chi connectivity index (χ1n) is 8.57. The predicted molar refractivity (Wildman–Crippen MR) is 98.8 cm³/mol. The summed E-state index contributed by atoms with van der Waals surface area (Å²) >= 11 is 1.66. The van der Waals surface area contributed by atoms with Crippen LogP contribution in [0.5, 0.6) is 0 Å². The van der Waals surface area contributed by atoms with Gasteiger partial charge in [0, 0.05) is 43.2 Å². The van der Waals surface area contributed by atoms with Crippen molar-refractivity contribution in [3.05, 3.63) is 58.3 Å². The molecule has 0 radical (unpaired) electrons. The van der Waals surface area contributed by atoms with Crippen LogP contribution in [0, 0.1) is 0 Å². The number of aliphatic hydroxyl groups excluding tert-OH is 1. The van der Waals surface area contributed by atoms with Crippen LogP contribution in [-0.2, 0) is 11.3 Å². The van der Waals surface area contributed by atoms with Crippen molar-refractivity contribution < 1.29 is 14.6 Å². The van der Waals surface area contributed by atoms with E-state index in [4.69, 9.17) is 4.74 Å². The lowest BCUT2D eigenvalue weighted by Crippen LogP contribution is -2.50. The van der Waals surface area contributed by atoms with Crippen molar-refractivity contribution in [2.75, 3.05) is 39.3 Å². The molecule has 1 aromatic carbocycles. The number of hydrogen-bond donors (Lipinski definition) is 1. The summed E-state index contributed by atoms with van der Waals surface area (Å²) in [5, 5.41) is 12.2. The lowest BCUT2D eigenvalue weighted by atomic mass is 10.2. The summed E-state index contributed by atoms with van der Waals surface area (Å²) in [5.41, 5.74) is 0.734. The highest BCUT2D eigenvalue weighted by Crippen LogP contribution is 2.11. The lowest BCUT2D eigenvalue weighted by molar-refractivity contribution is 0.00270. The number of ether oxygens (including phenoxy) is 1. The average Bonchev–Trinajstić information content (AvgIpc) is 3.16. The third kappa shape index (κ3) is 5.37. The number of hydrogen-bond acceptors (Lipinski definition) is 5. The summed E-state index contributed by atoms with van der Waals surface area (Å²) in [5.74, 6) is 0.0834. The van der Waals surface area contributed by atoms with Gasteiger partial charge in [0.2, 0.25) is 0 Å². The van der Waals surface area contributed by atoms with E-state index in [1.165, 1.54) is 4.88 Å². The van der Waals surface area contributed by atoms with Gasteiger partial charge in [-0.1, -0.05) is 24.3 Å². The van der Waals surface area contributed by atoms with E-state index in [0.29, 0.717) is 32.8 Å². The fraction of sp³-hybridized carbons (Fsp3) is 0.421. The molecular weight excluding hydrogens is 336 g/mol. The Kier molecular flexibility index (Phi) is 6.58. The number of nitrogens with zero attached hydrogens (tertiary/aromatic N) is 2. The maximum atomic E-state index is 12.4. The summed E-state index contributed by atoms with van der Waals surface area (Å²) in [4.78, 5) is 17.7. The number of rotatable bonds is 7. The molecule has 0 bridgehead atoms. The van der Waals surface area contributed by atoms with Crippen LogP contribution in [0.15, 0.2) is 47.8 Å². The van der Waals surface area contributed by atoms with Crippen LogP contribution in [0.4, 0.5) is 0 Å². The zero-order chi connectivity index (χ0) is 17.5. The molecule has 2 aromatic rings. The molecule has 1 amide bonds. The summed E-state index contributed by atoms with van der Waals surface area (Å²) < 4.78 is 5.57. The summed E-state index contributed by atoms with van der Waals surface area (Å²) in [6.45, 7) is 4.40. The van der Waals surface area contributed by atoms with Gasteiger partial charge in [-0.05, 0) is 23.6 Å². The first-order chi connectivity index (χ1) is 12.2. The van der Waals surface area contributed by atoms with Crippen LogP contribution in [0.3, 0.4) is 0 Å². The average molecular weight is 360 g/mol. The molecule has 25 heavy (non-hydrogen) atoms. The standard InChI is InChI=1S/C19H24N2O3S/c22-17(14-24-15-18-7-4-12-25-18)13-20-8-10-21(11-9-20)19(23)16-5-2-1-3-6-16/h1-7,12,17,22H,8-11,13-15H2/t17-/m1/s1. The van der Waals surface area contributed by atoms with Gasteiger partial charge >= 0.3 is 0 Å². The summed E-state index contributed by atoms with van der Waals surface area (Å²) in [6.07, 6.45) is -0.503. The molecule has 1 saturated heterocycles. The second-order valence-corrected chi connectivity index (χ2v) is 7.24. The Hall–Kier alpha value is -1.73. The molecule has 134 valence electrons. The second kappa shape index (κ2) is 9.10. The molecule has 0 spiro atoms. The molecule has 0 saturated carbocycles. The Morgan fingerprint density at radius 3 is 2.56 bits per heavy atom. The number of amides is 1. The molecule has 1 atom stereocenters. The SMILES string of the molecule is O=C(c1ccccc1)N1CCN(C[C@@H](O)COCc2cccs2)CC1. The van der Waals surface area contributed by atoms with E-state index < -0.39 is 6.10 Å². The topological polar surface area (TPSA) is 53.0 Å². The highest BCUT2D eigenvalue weighted by Gasteiger charge is 2.23. The molecule has 5 nitrogen and oxygen atoms in total. The molecule has 1 aliphatic heterocycles. The summed E-state index contributed by atoms with van der Waals surface area (Å²) in [6, 6.07) is 13.4. The van der Waals surface area contributed by atoms with Gasteiger partial charge in [0.1, 0.15) is 0 Å². The molecule has 1 fully saturated rings. The largest absolute Gasteiger partial charge is 0.389 e. The minimum Gasteiger partial charge on any atom is -0.389 e. The van der Waals surface area contributed by atoms with Crippen LogP contribution in [0.2, 0.25) is 0 Å². The molecular formula is C19H24N2O3S. The van der Waals surface area contributed by atoms with E-state index in [0.717, 1.165) is 18.7 Å². The van der Waals surface area contributed by atoms with Crippen LogP contribution in [-0.4, -0.2) is 66.2 Å². The van der Waals surface area contributed by atoms with Crippen molar-refractivity contribution in [2.45, 2.75) is 12.7 Å². The third-order valence-corrected chi connectivity index (χ3v) is 5.13. The van der Waals surface area contributed by atoms with E-state index in [1.807, 2.05) is 52.7 Å². The van der Waals surface area contributed by atoms with Crippen molar-refractivity contribution in [3.63, 3.8) is 0 Å². The van der Waals surface area contributed by atoms with Gasteiger partial charge in [0.25, 0.3) is 5.91 Å². The molecule has 0 aliphatic carbocycles. The number of β-amino-alcohol motifs (C(OH)–C–C–N with tert-alkyl or cyclic N) is 1. The quantitative estimate of drug-likeness (QED) is 0.821. The Labute approximate surface area is 152 Å². The molecule has 2 heterocycles. The number of carbonyl (C=O) groups excluding carboxylic acids is 1.